The van der Waals surface area contributed by atoms with Gasteiger partial charge in [0.15, 0.2) is 6.10 Å². The quantitative estimate of drug-likeness (QED) is 0.0147. The number of esters is 2. The molecule has 1 aliphatic carbocycles. The predicted molar refractivity (Wildman–Crippen MR) is 267 cm³/mol. The number of rotatable bonds is 39. The van der Waals surface area contributed by atoms with Gasteiger partial charge in [0.1, 0.15) is 43.2 Å². The maximum Gasteiger partial charge on any atom is 0.472 e. The van der Waals surface area contributed by atoms with Gasteiger partial charge in [-0.1, -0.05) is 155 Å². The highest BCUT2D eigenvalue weighted by atomic mass is 31.2. The molecule has 0 bridgehead atoms. The van der Waals surface area contributed by atoms with E-state index in [1.165, 1.54) is 38.5 Å². The zero-order valence-corrected chi connectivity index (χ0v) is 41.3. The van der Waals surface area contributed by atoms with Crippen LogP contribution in [0.5, 0.6) is 0 Å². The molecule has 0 amide bonds. The Kier molecular flexibility index (Phi) is 38.1. The van der Waals surface area contributed by atoms with Crippen molar-refractivity contribution in [2.75, 3.05) is 13.2 Å². The molecule has 1 fully saturated rings. The highest BCUT2D eigenvalue weighted by Crippen LogP contribution is 2.47. The maximum absolute atomic E-state index is 12.8. The molecule has 8 atom stereocenters. The zero-order chi connectivity index (χ0) is 49.2. The summed E-state index contributed by atoms with van der Waals surface area (Å²) >= 11 is 0. The number of aliphatic hydroxyl groups is 5. The normalized spacial score (nSPS) is 22.1. The number of hydrogen-bond donors (Lipinski definition) is 6. The second-order valence-electron chi connectivity index (χ2n) is 16.6. The summed E-state index contributed by atoms with van der Waals surface area (Å²) in [5.74, 6) is -1.24. The van der Waals surface area contributed by atoms with Crippen LogP contribution in [0.1, 0.15) is 155 Å². The Balaban J connectivity index is 2.52. The van der Waals surface area contributed by atoms with Gasteiger partial charge in [0.25, 0.3) is 0 Å². The molecule has 6 unspecified atom stereocenters. The van der Waals surface area contributed by atoms with E-state index < -0.39 is 75.7 Å². The monoisotopic (exact) mass is 961 g/mol. The van der Waals surface area contributed by atoms with Gasteiger partial charge in [0.2, 0.25) is 0 Å². The Morgan fingerprint density at radius 3 is 1.25 bits per heavy atom. The second-order valence-corrected chi connectivity index (χ2v) is 18.0. The molecule has 1 saturated carbocycles. The first-order chi connectivity index (χ1) is 32.4. The minimum atomic E-state index is -5.16. The van der Waals surface area contributed by atoms with Crippen LogP contribution in [0.4, 0.5) is 0 Å². The smallest absolute Gasteiger partial charge is 0.462 e. The molecule has 0 spiro atoms. The van der Waals surface area contributed by atoms with Crippen molar-refractivity contribution in [2.45, 2.75) is 198 Å². The number of aliphatic hydroxyl groups excluding tert-OH is 5. The van der Waals surface area contributed by atoms with Gasteiger partial charge in [-0.3, -0.25) is 18.6 Å². The second kappa shape index (κ2) is 41.5. The first-order valence-corrected chi connectivity index (χ1v) is 26.2. The van der Waals surface area contributed by atoms with Crippen molar-refractivity contribution in [3.05, 3.63) is 109 Å². The lowest BCUT2D eigenvalue weighted by molar-refractivity contribution is -0.220. The van der Waals surface area contributed by atoms with Crippen molar-refractivity contribution in [3.63, 3.8) is 0 Å². The molecular weight excluding hydrogens is 876 g/mol. The molecule has 0 saturated heterocycles. The summed E-state index contributed by atoms with van der Waals surface area (Å²) in [7, 11) is -5.16. The first-order valence-electron chi connectivity index (χ1n) is 24.7. The fourth-order valence-corrected chi connectivity index (χ4v) is 7.58. The van der Waals surface area contributed by atoms with E-state index in [9.17, 15) is 44.6 Å². The summed E-state index contributed by atoms with van der Waals surface area (Å²) in [5.41, 5.74) is 0. The summed E-state index contributed by atoms with van der Waals surface area (Å²) < 4.78 is 33.5. The molecule has 6 N–H and O–H groups in total. The number of phosphoric acid groups is 1. The number of unbranched alkanes of at least 4 members (excludes halogenated alkanes) is 9. The summed E-state index contributed by atoms with van der Waals surface area (Å²) in [6.07, 6.45) is 44.3. The van der Waals surface area contributed by atoms with Crippen molar-refractivity contribution < 1.29 is 63.1 Å². The van der Waals surface area contributed by atoms with Crippen molar-refractivity contribution in [3.8, 4) is 0 Å². The molecule has 1 aliphatic rings. The SMILES string of the molecule is CCCCC/C=C/C/C=C/C/C=C/C/C=C/C/C=C/CCC(=O)O[C@@H](COC(=O)CCCCC/C=C/C/C=C/C/C=C/C/C=C/CCCCC)COP(=O)(O)OC1C(O)C(O)C(O)[C@H](O)C1O. The van der Waals surface area contributed by atoms with Crippen LogP contribution in [0.15, 0.2) is 109 Å². The van der Waals surface area contributed by atoms with Gasteiger partial charge in [0.05, 0.1) is 6.61 Å². The van der Waals surface area contributed by atoms with Crippen LogP contribution in [-0.2, 0) is 32.7 Å². The number of hydrogen-bond acceptors (Lipinski definition) is 12. The Labute approximate surface area is 402 Å². The first kappa shape index (κ1) is 61.5. The lowest BCUT2D eigenvalue weighted by Crippen LogP contribution is -2.64. The Bertz CT molecular complexity index is 1580. The lowest BCUT2D eigenvalue weighted by atomic mass is 9.85. The van der Waals surface area contributed by atoms with Crippen molar-refractivity contribution in [1.82, 2.24) is 0 Å². The average Bonchev–Trinajstić information content (AvgIpc) is 3.31. The molecule has 0 heterocycles. The van der Waals surface area contributed by atoms with E-state index in [2.05, 4.69) is 105 Å². The largest absolute Gasteiger partial charge is 0.472 e. The standard InChI is InChI=1S/C53H85O13P/c1-3-5-7-9-11-13-15-17-19-21-23-25-27-29-31-33-35-37-39-41-46(54)63-43-45(44-64-67(61,62)66-53-51(59)49(57)48(56)50(58)52(53)60)65-47(55)42-40-38-36-34-32-30-28-26-24-22-20-18-16-14-12-10-8-6-4-2/h11-14,17-20,23-26,29-32,36,38,45,48-53,56-60H,3-10,15-16,21-22,27-28,33-35,37,39-44H2,1-2H3,(H,61,62)/b13-11+,14-12+,19-17+,20-18+,25-23+,26-24+,31-29+,32-30+,38-36+/t45-,48?,49-,50?,51?,52?,53?/m0/s1. The van der Waals surface area contributed by atoms with Gasteiger partial charge in [-0.25, -0.2) is 4.57 Å². The van der Waals surface area contributed by atoms with Gasteiger partial charge in [-0.2, -0.15) is 0 Å². The summed E-state index contributed by atoms with van der Waals surface area (Å²) in [4.78, 5) is 35.7. The van der Waals surface area contributed by atoms with Gasteiger partial charge in [0, 0.05) is 12.8 Å². The number of carbonyl (C=O) groups is 2. The fraction of sp³-hybridized carbons (Fsp3) is 0.623. The zero-order valence-electron chi connectivity index (χ0n) is 40.4. The van der Waals surface area contributed by atoms with E-state index in [1.807, 2.05) is 18.2 Å². The molecule has 14 heteroatoms. The molecule has 0 aromatic carbocycles. The minimum absolute atomic E-state index is 0.0408. The molecular formula is C53H85O13P. The predicted octanol–water partition coefficient (Wildman–Crippen LogP) is 10.4. The van der Waals surface area contributed by atoms with Crippen LogP contribution in [0.2, 0.25) is 0 Å². The summed E-state index contributed by atoms with van der Waals surface area (Å²) in [6, 6.07) is 0. The van der Waals surface area contributed by atoms with E-state index in [-0.39, 0.29) is 12.8 Å². The number of allylic oxidation sites excluding steroid dienone is 18. The van der Waals surface area contributed by atoms with Crippen molar-refractivity contribution in [1.29, 1.82) is 0 Å². The Morgan fingerprint density at radius 2 is 0.836 bits per heavy atom. The molecule has 380 valence electrons. The highest BCUT2D eigenvalue weighted by Gasteiger charge is 2.51. The summed E-state index contributed by atoms with van der Waals surface area (Å²) in [5, 5.41) is 50.2. The third-order valence-corrected chi connectivity index (χ3v) is 11.6. The highest BCUT2D eigenvalue weighted by molar-refractivity contribution is 7.47. The van der Waals surface area contributed by atoms with E-state index in [0.29, 0.717) is 19.3 Å². The molecule has 67 heavy (non-hydrogen) atoms. The van der Waals surface area contributed by atoms with Crippen LogP contribution < -0.4 is 0 Å². The van der Waals surface area contributed by atoms with Gasteiger partial charge in [-0.05, 0) is 96.3 Å². The van der Waals surface area contributed by atoms with Crippen LogP contribution in [-0.4, -0.2) is 98.3 Å². The van der Waals surface area contributed by atoms with Crippen molar-refractivity contribution >= 4 is 19.8 Å². The molecule has 0 aromatic rings. The van der Waals surface area contributed by atoms with Crippen molar-refractivity contribution in [2.24, 2.45) is 0 Å². The number of carbonyl (C=O) groups excluding carboxylic acids is 2. The van der Waals surface area contributed by atoms with E-state index in [1.54, 1.807) is 0 Å². The topological polar surface area (TPSA) is 210 Å². The molecule has 1 rings (SSSR count). The van der Waals surface area contributed by atoms with E-state index in [0.717, 1.165) is 70.6 Å². The lowest BCUT2D eigenvalue weighted by Gasteiger charge is -2.41. The fourth-order valence-electron chi connectivity index (χ4n) is 6.60. The maximum atomic E-state index is 12.8. The Hall–Kier alpha value is -3.49. The third-order valence-electron chi connectivity index (χ3n) is 10.6. The Morgan fingerprint density at radius 1 is 0.463 bits per heavy atom. The number of phosphoric ester groups is 1. The average molecular weight is 961 g/mol. The van der Waals surface area contributed by atoms with E-state index in [4.69, 9.17) is 18.5 Å². The third kappa shape index (κ3) is 33.6. The van der Waals surface area contributed by atoms with Crippen LogP contribution in [0, 0.1) is 0 Å². The van der Waals surface area contributed by atoms with E-state index >= 15 is 0 Å². The summed E-state index contributed by atoms with van der Waals surface area (Å²) in [6.45, 7) is 3.15. The molecule has 0 aromatic heterocycles. The minimum Gasteiger partial charge on any atom is -0.462 e. The van der Waals surface area contributed by atoms with Crippen LogP contribution in [0.25, 0.3) is 0 Å². The van der Waals surface area contributed by atoms with Gasteiger partial charge < -0.3 is 39.9 Å². The van der Waals surface area contributed by atoms with Gasteiger partial charge in [-0.15, -0.1) is 0 Å². The van der Waals surface area contributed by atoms with Crippen LogP contribution >= 0.6 is 7.82 Å². The van der Waals surface area contributed by atoms with Crippen LogP contribution in [0.3, 0.4) is 0 Å². The van der Waals surface area contributed by atoms with Gasteiger partial charge >= 0.3 is 19.8 Å². The molecule has 0 aliphatic heterocycles. The number of ether oxygens (including phenoxy) is 2. The molecule has 13 nitrogen and oxygen atoms in total. The molecule has 0 radical (unpaired) electrons.